The molecule has 0 saturated heterocycles. The molecule has 0 amide bonds. The number of phenolic OH excluding ortho intramolecular Hbond substituents is 1. The van der Waals surface area contributed by atoms with Crippen LogP contribution in [0.25, 0.3) is 0 Å². The average Bonchev–Trinajstić information content (AvgIpc) is 2.38. The molecule has 0 aliphatic heterocycles. The molecule has 0 unspecified atom stereocenters. The van der Waals surface area contributed by atoms with E-state index in [-0.39, 0.29) is 11.4 Å². The molecule has 0 aromatic heterocycles. The lowest BCUT2D eigenvalue weighted by Gasteiger charge is -2.07. The van der Waals surface area contributed by atoms with Gasteiger partial charge in [0, 0.05) is 23.9 Å². The normalized spacial score (nSPS) is 10.0. The molecule has 20 heavy (non-hydrogen) atoms. The molecule has 0 radical (unpaired) electrons. The molecule has 2 aromatic rings. The number of anilines is 2. The third-order valence-electron chi connectivity index (χ3n) is 2.53. The van der Waals surface area contributed by atoms with E-state index >= 15 is 0 Å². The monoisotopic (exact) mass is 275 g/mol. The molecule has 2 aromatic carbocycles. The van der Waals surface area contributed by atoms with Gasteiger partial charge in [0.25, 0.3) is 11.4 Å². The first-order valence-electron chi connectivity index (χ1n) is 5.47. The van der Waals surface area contributed by atoms with Crippen LogP contribution in [0.4, 0.5) is 22.7 Å². The topological polar surface area (TPSA) is 119 Å². The molecular weight excluding hydrogens is 266 g/mol. The van der Waals surface area contributed by atoms with Crippen molar-refractivity contribution >= 4 is 22.7 Å². The number of nitrogens with one attached hydrogen (secondary N) is 1. The van der Waals surface area contributed by atoms with Crippen molar-refractivity contribution in [3.8, 4) is 5.75 Å². The molecule has 8 nitrogen and oxygen atoms in total. The summed E-state index contributed by atoms with van der Waals surface area (Å²) in [6.45, 7) is 0. The number of nitrogens with zero attached hydrogens (tertiary/aromatic N) is 2. The zero-order valence-electron chi connectivity index (χ0n) is 10.0. The fraction of sp³-hybridized carbons (Fsp3) is 0. The van der Waals surface area contributed by atoms with Crippen molar-refractivity contribution in [3.05, 3.63) is 62.7 Å². The van der Waals surface area contributed by atoms with Crippen LogP contribution in [0.2, 0.25) is 0 Å². The number of nitro benzene ring substituents is 2. The van der Waals surface area contributed by atoms with E-state index < -0.39 is 21.2 Å². The minimum absolute atomic E-state index is 0.0590. The first kappa shape index (κ1) is 13.3. The number of phenols is 1. The number of benzene rings is 2. The highest BCUT2D eigenvalue weighted by molar-refractivity contribution is 5.78. The van der Waals surface area contributed by atoms with Gasteiger partial charge in [-0.3, -0.25) is 20.2 Å². The Labute approximate surface area is 112 Å². The van der Waals surface area contributed by atoms with Crippen molar-refractivity contribution in [1.82, 2.24) is 0 Å². The van der Waals surface area contributed by atoms with Crippen molar-refractivity contribution in [1.29, 1.82) is 0 Å². The van der Waals surface area contributed by atoms with E-state index in [4.69, 9.17) is 0 Å². The van der Waals surface area contributed by atoms with E-state index in [9.17, 15) is 25.3 Å². The van der Waals surface area contributed by atoms with Crippen molar-refractivity contribution in [3.63, 3.8) is 0 Å². The van der Waals surface area contributed by atoms with Crippen LogP contribution in [-0.2, 0) is 0 Å². The number of hydrogen-bond acceptors (Lipinski definition) is 6. The van der Waals surface area contributed by atoms with E-state index in [1.807, 2.05) is 0 Å². The second kappa shape index (κ2) is 5.22. The van der Waals surface area contributed by atoms with Gasteiger partial charge in [-0.05, 0) is 18.2 Å². The number of para-hydroxylation sites is 1. The van der Waals surface area contributed by atoms with E-state index in [1.165, 1.54) is 30.3 Å². The Morgan fingerprint density at radius 2 is 1.50 bits per heavy atom. The van der Waals surface area contributed by atoms with Gasteiger partial charge in [-0.1, -0.05) is 6.07 Å². The zero-order valence-corrected chi connectivity index (χ0v) is 10.0. The second-order valence-corrected chi connectivity index (χ2v) is 3.86. The SMILES string of the molecule is O=[N+]([O-])c1cccc([N+](=O)[O-])c1Nc1cccc(O)c1. The first-order chi connectivity index (χ1) is 9.49. The molecule has 0 heterocycles. The summed E-state index contributed by atoms with van der Waals surface area (Å²) in [7, 11) is 0. The standard InChI is InChI=1S/C12H9N3O5/c16-9-4-1-3-8(7-9)13-12-10(14(17)18)5-2-6-11(12)15(19)20/h1-7,13,16H. The summed E-state index contributed by atoms with van der Waals surface area (Å²) in [5.74, 6) is -0.0590. The van der Waals surface area contributed by atoms with Gasteiger partial charge in [-0.15, -0.1) is 0 Å². The molecule has 0 aliphatic rings. The molecular formula is C12H9N3O5. The minimum atomic E-state index is -0.710. The Morgan fingerprint density at radius 1 is 0.950 bits per heavy atom. The van der Waals surface area contributed by atoms with Gasteiger partial charge in [0.2, 0.25) is 0 Å². The molecule has 102 valence electrons. The molecule has 0 spiro atoms. The zero-order chi connectivity index (χ0) is 14.7. The van der Waals surface area contributed by atoms with Crippen LogP contribution < -0.4 is 5.32 Å². The lowest BCUT2D eigenvalue weighted by atomic mass is 10.2. The van der Waals surface area contributed by atoms with Crippen LogP contribution in [0.3, 0.4) is 0 Å². The Balaban J connectivity index is 2.53. The van der Waals surface area contributed by atoms with Crippen LogP contribution in [0, 0.1) is 20.2 Å². The Hall–Kier alpha value is -3.16. The lowest BCUT2D eigenvalue weighted by Crippen LogP contribution is -2.01. The number of nitro groups is 2. The van der Waals surface area contributed by atoms with Crippen molar-refractivity contribution in [2.75, 3.05) is 5.32 Å². The van der Waals surface area contributed by atoms with E-state index in [0.29, 0.717) is 5.69 Å². The van der Waals surface area contributed by atoms with Crippen molar-refractivity contribution in [2.24, 2.45) is 0 Å². The molecule has 0 aliphatic carbocycles. The predicted molar refractivity (Wildman–Crippen MR) is 71.1 cm³/mol. The summed E-state index contributed by atoms with van der Waals surface area (Å²) in [6, 6.07) is 9.33. The van der Waals surface area contributed by atoms with Crippen LogP contribution >= 0.6 is 0 Å². The Bertz CT molecular complexity index is 654. The molecule has 0 saturated carbocycles. The first-order valence-corrected chi connectivity index (χ1v) is 5.47. The van der Waals surface area contributed by atoms with Gasteiger partial charge in [-0.25, -0.2) is 0 Å². The van der Waals surface area contributed by atoms with Gasteiger partial charge in [0.15, 0.2) is 5.69 Å². The maximum atomic E-state index is 10.9. The van der Waals surface area contributed by atoms with E-state index in [2.05, 4.69) is 5.32 Å². The maximum absolute atomic E-state index is 10.9. The van der Waals surface area contributed by atoms with Gasteiger partial charge in [-0.2, -0.15) is 0 Å². The maximum Gasteiger partial charge on any atom is 0.299 e. The Kier molecular flexibility index (Phi) is 3.47. The van der Waals surface area contributed by atoms with Gasteiger partial charge >= 0.3 is 0 Å². The fourth-order valence-electron chi connectivity index (χ4n) is 1.69. The predicted octanol–water partition coefficient (Wildman–Crippen LogP) is 2.95. The fourth-order valence-corrected chi connectivity index (χ4v) is 1.69. The van der Waals surface area contributed by atoms with E-state index in [0.717, 1.165) is 12.1 Å². The van der Waals surface area contributed by atoms with Gasteiger partial charge in [0.05, 0.1) is 9.85 Å². The lowest BCUT2D eigenvalue weighted by molar-refractivity contribution is -0.392. The summed E-state index contributed by atoms with van der Waals surface area (Å²) in [4.78, 5) is 20.5. The van der Waals surface area contributed by atoms with E-state index in [1.54, 1.807) is 0 Å². The summed E-state index contributed by atoms with van der Waals surface area (Å²) < 4.78 is 0. The largest absolute Gasteiger partial charge is 0.508 e. The summed E-state index contributed by atoms with van der Waals surface area (Å²) in [5, 5.41) is 33.8. The summed E-state index contributed by atoms with van der Waals surface area (Å²) in [6.07, 6.45) is 0. The molecule has 2 rings (SSSR count). The molecule has 0 atom stereocenters. The minimum Gasteiger partial charge on any atom is -0.508 e. The number of rotatable bonds is 4. The van der Waals surface area contributed by atoms with Crippen LogP contribution in [0.5, 0.6) is 5.75 Å². The Morgan fingerprint density at radius 3 is 2.00 bits per heavy atom. The highest BCUT2D eigenvalue weighted by atomic mass is 16.6. The van der Waals surface area contributed by atoms with Crippen molar-refractivity contribution in [2.45, 2.75) is 0 Å². The molecule has 8 heteroatoms. The third-order valence-corrected chi connectivity index (χ3v) is 2.53. The van der Waals surface area contributed by atoms with Crippen LogP contribution in [-0.4, -0.2) is 15.0 Å². The molecule has 2 N–H and O–H groups in total. The summed E-state index contributed by atoms with van der Waals surface area (Å²) in [5.41, 5.74) is -0.749. The number of hydrogen-bond donors (Lipinski definition) is 2. The van der Waals surface area contributed by atoms with Crippen LogP contribution in [0.15, 0.2) is 42.5 Å². The van der Waals surface area contributed by atoms with Crippen LogP contribution in [0.1, 0.15) is 0 Å². The smallest absolute Gasteiger partial charge is 0.299 e. The third kappa shape index (κ3) is 2.64. The quantitative estimate of drug-likeness (QED) is 0.654. The number of aromatic hydroxyl groups is 1. The van der Waals surface area contributed by atoms with Gasteiger partial charge < -0.3 is 10.4 Å². The second-order valence-electron chi connectivity index (χ2n) is 3.86. The van der Waals surface area contributed by atoms with Gasteiger partial charge in [0.1, 0.15) is 5.75 Å². The van der Waals surface area contributed by atoms with Crippen molar-refractivity contribution < 1.29 is 15.0 Å². The highest BCUT2D eigenvalue weighted by Crippen LogP contribution is 2.36. The molecule has 0 bridgehead atoms. The highest BCUT2D eigenvalue weighted by Gasteiger charge is 2.24. The summed E-state index contributed by atoms with van der Waals surface area (Å²) >= 11 is 0. The molecule has 0 fully saturated rings. The average molecular weight is 275 g/mol.